The molecule has 1 aliphatic heterocycles. The smallest absolute Gasteiger partial charge is 0.230 e. The molecule has 2 rings (SSSR count). The van der Waals surface area contributed by atoms with E-state index in [1.165, 1.54) is 0 Å². The van der Waals surface area contributed by atoms with Gasteiger partial charge in [0.2, 0.25) is 5.91 Å². The minimum absolute atomic E-state index is 0.0866. The Morgan fingerprint density at radius 3 is 2.69 bits per heavy atom. The van der Waals surface area contributed by atoms with E-state index in [0.717, 1.165) is 0 Å². The van der Waals surface area contributed by atoms with Crippen molar-refractivity contribution in [3.05, 3.63) is 23.8 Å². The van der Waals surface area contributed by atoms with Crippen molar-refractivity contribution in [1.82, 2.24) is 0 Å². The number of ketones is 1. The van der Waals surface area contributed by atoms with Crippen LogP contribution in [0, 0.1) is 5.41 Å². The molecular weight excluding hydrogens is 204 g/mol. The average molecular weight is 218 g/mol. The van der Waals surface area contributed by atoms with Gasteiger partial charge in [-0.05, 0) is 12.1 Å². The predicted octanol–water partition coefficient (Wildman–Crippen LogP) is 1.82. The van der Waals surface area contributed by atoms with E-state index >= 15 is 0 Å². The number of carbonyl (C=O) groups is 2. The molecule has 0 aromatic heterocycles. The molecule has 0 unspecified atom stereocenters. The molecule has 84 valence electrons. The molecule has 3 N–H and O–H groups in total. The molecule has 0 bridgehead atoms. The van der Waals surface area contributed by atoms with Crippen molar-refractivity contribution in [2.75, 3.05) is 11.1 Å². The number of nitrogens with two attached hydrogens (primary N) is 1. The van der Waals surface area contributed by atoms with Crippen molar-refractivity contribution in [3.8, 4) is 0 Å². The van der Waals surface area contributed by atoms with Gasteiger partial charge in [0.15, 0.2) is 5.78 Å². The van der Waals surface area contributed by atoms with Gasteiger partial charge in [0.25, 0.3) is 0 Å². The first-order valence-electron chi connectivity index (χ1n) is 5.15. The van der Waals surface area contributed by atoms with Crippen LogP contribution in [0.25, 0.3) is 0 Å². The molecule has 0 fully saturated rings. The fourth-order valence-corrected chi connectivity index (χ4v) is 1.85. The Kier molecular flexibility index (Phi) is 2.22. The van der Waals surface area contributed by atoms with E-state index in [1.807, 2.05) is 0 Å². The molecule has 16 heavy (non-hydrogen) atoms. The molecule has 1 aromatic carbocycles. The molecule has 1 aliphatic rings. The van der Waals surface area contributed by atoms with Gasteiger partial charge in [0.1, 0.15) is 0 Å². The van der Waals surface area contributed by atoms with Crippen LogP contribution in [0.5, 0.6) is 0 Å². The van der Waals surface area contributed by atoms with Crippen LogP contribution in [-0.4, -0.2) is 11.7 Å². The molecule has 1 aromatic rings. The van der Waals surface area contributed by atoms with Gasteiger partial charge in [-0.15, -0.1) is 0 Å². The van der Waals surface area contributed by atoms with Crippen LogP contribution in [0.15, 0.2) is 18.2 Å². The first-order valence-corrected chi connectivity index (χ1v) is 5.15. The topological polar surface area (TPSA) is 72.2 Å². The molecule has 1 amide bonds. The van der Waals surface area contributed by atoms with Crippen LogP contribution in [0.2, 0.25) is 0 Å². The van der Waals surface area contributed by atoms with Crippen LogP contribution in [0.1, 0.15) is 30.6 Å². The highest BCUT2D eigenvalue weighted by Gasteiger charge is 2.35. The molecule has 4 heteroatoms. The second-order valence-electron chi connectivity index (χ2n) is 4.71. The van der Waals surface area contributed by atoms with E-state index in [4.69, 9.17) is 5.73 Å². The first-order chi connectivity index (χ1) is 7.42. The fourth-order valence-electron chi connectivity index (χ4n) is 1.85. The van der Waals surface area contributed by atoms with Gasteiger partial charge in [0.05, 0.1) is 16.7 Å². The van der Waals surface area contributed by atoms with Crippen molar-refractivity contribution in [2.45, 2.75) is 20.3 Å². The molecule has 0 saturated carbocycles. The highest BCUT2D eigenvalue weighted by molar-refractivity contribution is 6.13. The number of Topliss-reactive ketones (excluding diaryl/α,β-unsaturated/α-hetero) is 1. The van der Waals surface area contributed by atoms with E-state index in [0.29, 0.717) is 16.9 Å². The predicted molar refractivity (Wildman–Crippen MR) is 62.2 cm³/mol. The Morgan fingerprint density at radius 1 is 1.31 bits per heavy atom. The number of nitrogen functional groups attached to an aromatic ring is 1. The monoisotopic (exact) mass is 218 g/mol. The Hall–Kier alpha value is -1.84. The summed E-state index contributed by atoms with van der Waals surface area (Å²) in [5.41, 5.74) is 6.43. The van der Waals surface area contributed by atoms with Crippen LogP contribution in [-0.2, 0) is 4.79 Å². The van der Waals surface area contributed by atoms with Crippen LogP contribution >= 0.6 is 0 Å². The van der Waals surface area contributed by atoms with Gasteiger partial charge >= 0.3 is 0 Å². The number of rotatable bonds is 0. The Balaban J connectivity index is 2.58. The minimum atomic E-state index is -0.692. The summed E-state index contributed by atoms with van der Waals surface area (Å²) in [6.07, 6.45) is 0.181. The van der Waals surface area contributed by atoms with E-state index in [1.54, 1.807) is 32.0 Å². The SMILES string of the molecule is CC1(C)CC(=O)c2c(N)cccc2NC1=O. The number of nitrogens with one attached hydrogen (secondary N) is 1. The van der Waals surface area contributed by atoms with E-state index in [9.17, 15) is 9.59 Å². The number of fused-ring (bicyclic) bond motifs is 1. The maximum Gasteiger partial charge on any atom is 0.230 e. The van der Waals surface area contributed by atoms with Crippen molar-refractivity contribution >= 4 is 23.1 Å². The van der Waals surface area contributed by atoms with E-state index < -0.39 is 5.41 Å². The second-order valence-corrected chi connectivity index (χ2v) is 4.71. The highest BCUT2D eigenvalue weighted by Crippen LogP contribution is 2.34. The van der Waals surface area contributed by atoms with Gasteiger partial charge in [0, 0.05) is 12.1 Å². The molecule has 0 atom stereocenters. The summed E-state index contributed by atoms with van der Waals surface area (Å²) >= 11 is 0. The third-order valence-corrected chi connectivity index (χ3v) is 2.84. The normalized spacial score (nSPS) is 18.6. The van der Waals surface area contributed by atoms with Crippen LogP contribution in [0.4, 0.5) is 11.4 Å². The van der Waals surface area contributed by atoms with Gasteiger partial charge in [-0.3, -0.25) is 9.59 Å². The quantitative estimate of drug-likeness (QED) is 0.652. The lowest BCUT2D eigenvalue weighted by Crippen LogP contribution is -2.30. The van der Waals surface area contributed by atoms with Crippen molar-refractivity contribution < 1.29 is 9.59 Å². The van der Waals surface area contributed by atoms with E-state index in [-0.39, 0.29) is 18.1 Å². The van der Waals surface area contributed by atoms with Crippen molar-refractivity contribution in [2.24, 2.45) is 5.41 Å². The summed E-state index contributed by atoms with van der Waals surface area (Å²) in [5, 5.41) is 2.74. The molecule has 0 aliphatic carbocycles. The number of anilines is 2. The maximum absolute atomic E-state index is 12.0. The van der Waals surface area contributed by atoms with Gasteiger partial charge < -0.3 is 11.1 Å². The first kappa shape index (κ1) is 10.7. The number of benzene rings is 1. The number of hydrogen-bond acceptors (Lipinski definition) is 3. The zero-order valence-corrected chi connectivity index (χ0v) is 9.33. The summed E-state index contributed by atoms with van der Waals surface area (Å²) in [5.74, 6) is -0.235. The molecule has 0 radical (unpaired) electrons. The summed E-state index contributed by atoms with van der Waals surface area (Å²) in [7, 11) is 0. The molecule has 1 heterocycles. The molecule has 0 saturated heterocycles. The van der Waals surface area contributed by atoms with Crippen molar-refractivity contribution in [1.29, 1.82) is 0 Å². The lowest BCUT2D eigenvalue weighted by Gasteiger charge is -2.18. The fraction of sp³-hybridized carbons (Fsp3) is 0.333. The zero-order chi connectivity index (χ0) is 11.9. The highest BCUT2D eigenvalue weighted by atomic mass is 16.2. The summed E-state index contributed by atoms with van der Waals surface area (Å²) in [6, 6.07) is 5.09. The number of amides is 1. The maximum atomic E-state index is 12.0. The molecule has 0 spiro atoms. The third-order valence-electron chi connectivity index (χ3n) is 2.84. The van der Waals surface area contributed by atoms with E-state index in [2.05, 4.69) is 5.32 Å². The lowest BCUT2D eigenvalue weighted by atomic mass is 9.86. The Bertz CT molecular complexity index is 478. The Labute approximate surface area is 93.8 Å². The second kappa shape index (κ2) is 3.33. The summed E-state index contributed by atoms with van der Waals surface area (Å²) < 4.78 is 0. The molecule has 4 nitrogen and oxygen atoms in total. The summed E-state index contributed by atoms with van der Waals surface area (Å²) in [6.45, 7) is 3.50. The van der Waals surface area contributed by atoms with Gasteiger partial charge in [-0.25, -0.2) is 0 Å². The van der Waals surface area contributed by atoms with Crippen molar-refractivity contribution in [3.63, 3.8) is 0 Å². The number of carbonyl (C=O) groups excluding carboxylic acids is 2. The number of hydrogen-bond donors (Lipinski definition) is 2. The average Bonchev–Trinajstić information content (AvgIpc) is 2.23. The summed E-state index contributed by atoms with van der Waals surface area (Å²) in [4.78, 5) is 23.9. The standard InChI is InChI=1S/C12H14N2O2/c1-12(2)6-9(15)10-7(13)4-3-5-8(10)14-11(12)16/h3-5H,6,13H2,1-2H3,(H,14,16). The lowest BCUT2D eigenvalue weighted by molar-refractivity contribution is -0.123. The minimum Gasteiger partial charge on any atom is -0.398 e. The van der Waals surface area contributed by atoms with Gasteiger partial charge in [-0.2, -0.15) is 0 Å². The van der Waals surface area contributed by atoms with Crippen LogP contribution in [0.3, 0.4) is 0 Å². The third kappa shape index (κ3) is 1.56. The Morgan fingerprint density at radius 2 is 2.00 bits per heavy atom. The zero-order valence-electron chi connectivity index (χ0n) is 9.33. The van der Waals surface area contributed by atoms with Crippen LogP contribution < -0.4 is 11.1 Å². The largest absolute Gasteiger partial charge is 0.398 e. The molecular formula is C12H14N2O2. The van der Waals surface area contributed by atoms with Gasteiger partial charge in [-0.1, -0.05) is 19.9 Å².